The maximum absolute atomic E-state index is 12.3. The van der Waals surface area contributed by atoms with Crippen molar-refractivity contribution in [3.63, 3.8) is 0 Å². The summed E-state index contributed by atoms with van der Waals surface area (Å²) in [5.74, 6) is -0.170. The van der Waals surface area contributed by atoms with Crippen molar-refractivity contribution in [3.05, 3.63) is 42.0 Å². The van der Waals surface area contributed by atoms with E-state index in [1.807, 2.05) is 31.4 Å². The predicted molar refractivity (Wildman–Crippen MR) is 76.2 cm³/mol. The molecule has 0 aliphatic heterocycles. The molecule has 19 heavy (non-hydrogen) atoms. The summed E-state index contributed by atoms with van der Waals surface area (Å²) >= 11 is 0. The summed E-state index contributed by atoms with van der Waals surface area (Å²) in [5, 5.41) is 2.85. The molecule has 0 aliphatic carbocycles. The van der Waals surface area contributed by atoms with Gasteiger partial charge in [0.2, 0.25) is 0 Å². The molecule has 3 N–H and O–H groups in total. The van der Waals surface area contributed by atoms with Crippen LogP contribution < -0.4 is 11.1 Å². The number of nitrogen functional groups attached to an aromatic ring is 1. The first kappa shape index (κ1) is 13.1. The smallest absolute Gasteiger partial charge is 0.272 e. The van der Waals surface area contributed by atoms with Crippen molar-refractivity contribution in [2.45, 2.75) is 26.8 Å². The summed E-state index contributed by atoms with van der Waals surface area (Å²) in [7, 11) is 0. The van der Waals surface area contributed by atoms with Gasteiger partial charge in [-0.05, 0) is 39.0 Å². The molecule has 0 atom stereocenters. The number of rotatable bonds is 3. The first-order chi connectivity index (χ1) is 8.97. The third kappa shape index (κ3) is 2.93. The first-order valence-electron chi connectivity index (χ1n) is 6.18. The van der Waals surface area contributed by atoms with E-state index in [2.05, 4.69) is 10.3 Å². The molecule has 1 amide bonds. The summed E-state index contributed by atoms with van der Waals surface area (Å²) in [5.41, 5.74) is 8.49. The normalized spacial score (nSPS) is 10.7. The molecule has 100 valence electrons. The van der Waals surface area contributed by atoms with Crippen LogP contribution in [0.1, 0.15) is 36.1 Å². The summed E-state index contributed by atoms with van der Waals surface area (Å²) < 4.78 is 1.86. The molecule has 0 fully saturated rings. The molecule has 2 heterocycles. The van der Waals surface area contributed by atoms with E-state index in [1.54, 1.807) is 24.5 Å². The molecule has 5 heteroatoms. The Morgan fingerprint density at radius 3 is 2.79 bits per heavy atom. The molecule has 5 nitrogen and oxygen atoms in total. The number of carbonyl (C=O) groups is 1. The molecule has 0 spiro atoms. The van der Waals surface area contributed by atoms with E-state index < -0.39 is 0 Å². The van der Waals surface area contributed by atoms with Crippen LogP contribution in [0.4, 0.5) is 11.4 Å². The number of aryl methyl sites for hydroxylation is 1. The molecule has 0 radical (unpaired) electrons. The maximum atomic E-state index is 12.3. The molecule has 0 aromatic carbocycles. The van der Waals surface area contributed by atoms with Crippen LogP contribution in [0.15, 0.2) is 30.6 Å². The van der Waals surface area contributed by atoms with Crippen LogP contribution in [0, 0.1) is 6.92 Å². The minimum absolute atomic E-state index is 0.170. The second kappa shape index (κ2) is 5.14. The number of pyridine rings is 1. The number of nitrogens with zero attached hydrogens (tertiary/aromatic N) is 2. The van der Waals surface area contributed by atoms with Crippen LogP contribution in [0.3, 0.4) is 0 Å². The van der Waals surface area contributed by atoms with Crippen LogP contribution >= 0.6 is 0 Å². The van der Waals surface area contributed by atoms with E-state index in [4.69, 9.17) is 5.73 Å². The van der Waals surface area contributed by atoms with E-state index in [9.17, 15) is 4.79 Å². The average Bonchev–Trinajstić information content (AvgIpc) is 2.71. The van der Waals surface area contributed by atoms with Gasteiger partial charge in [0.1, 0.15) is 5.69 Å². The second-order valence-corrected chi connectivity index (χ2v) is 4.80. The lowest BCUT2D eigenvalue weighted by atomic mass is 10.3. The van der Waals surface area contributed by atoms with Crippen LogP contribution in [-0.4, -0.2) is 15.5 Å². The van der Waals surface area contributed by atoms with Crippen molar-refractivity contribution in [2.75, 3.05) is 11.1 Å². The van der Waals surface area contributed by atoms with Crippen molar-refractivity contribution in [2.24, 2.45) is 0 Å². The van der Waals surface area contributed by atoms with Gasteiger partial charge in [-0.25, -0.2) is 0 Å². The molecule has 0 saturated heterocycles. The van der Waals surface area contributed by atoms with Gasteiger partial charge in [0.15, 0.2) is 0 Å². The van der Waals surface area contributed by atoms with Gasteiger partial charge in [0, 0.05) is 29.8 Å². The topological polar surface area (TPSA) is 72.9 Å². The Morgan fingerprint density at radius 1 is 1.42 bits per heavy atom. The lowest BCUT2D eigenvalue weighted by Gasteiger charge is -2.12. The molecule has 2 aromatic heterocycles. The summed E-state index contributed by atoms with van der Waals surface area (Å²) in [4.78, 5) is 16.3. The molecular weight excluding hydrogens is 240 g/mol. The number of hydrogen-bond donors (Lipinski definition) is 2. The highest BCUT2D eigenvalue weighted by atomic mass is 16.1. The van der Waals surface area contributed by atoms with Crippen molar-refractivity contribution in [1.82, 2.24) is 9.55 Å². The Balaban J connectivity index is 2.25. The Kier molecular flexibility index (Phi) is 3.55. The van der Waals surface area contributed by atoms with E-state index in [1.165, 1.54) is 0 Å². The second-order valence-electron chi connectivity index (χ2n) is 4.80. The Bertz CT molecular complexity index is 601. The van der Waals surface area contributed by atoms with Crippen molar-refractivity contribution < 1.29 is 4.79 Å². The Morgan fingerprint density at radius 2 is 2.16 bits per heavy atom. The van der Waals surface area contributed by atoms with Gasteiger partial charge in [0.25, 0.3) is 5.91 Å². The zero-order valence-electron chi connectivity index (χ0n) is 11.3. The average molecular weight is 258 g/mol. The van der Waals surface area contributed by atoms with Crippen LogP contribution in [0.2, 0.25) is 0 Å². The lowest BCUT2D eigenvalue weighted by molar-refractivity contribution is 0.101. The highest BCUT2D eigenvalue weighted by Gasteiger charge is 2.14. The fraction of sp³-hybridized carbons (Fsp3) is 0.286. The van der Waals surface area contributed by atoms with Gasteiger partial charge in [-0.1, -0.05) is 0 Å². The maximum Gasteiger partial charge on any atom is 0.272 e. The van der Waals surface area contributed by atoms with Gasteiger partial charge < -0.3 is 15.6 Å². The predicted octanol–water partition coefficient (Wildman–Crippen LogP) is 2.61. The molecule has 0 aliphatic rings. The number of carbonyl (C=O) groups excluding carboxylic acids is 1. The number of hydrogen-bond acceptors (Lipinski definition) is 3. The third-order valence-electron chi connectivity index (χ3n) is 2.81. The fourth-order valence-corrected chi connectivity index (χ4v) is 1.93. The minimum atomic E-state index is -0.170. The zero-order chi connectivity index (χ0) is 14.0. The summed E-state index contributed by atoms with van der Waals surface area (Å²) in [6.45, 7) is 5.89. The molecular formula is C14H18N4O. The van der Waals surface area contributed by atoms with Crippen molar-refractivity contribution in [1.29, 1.82) is 0 Å². The lowest BCUT2D eigenvalue weighted by Crippen LogP contribution is -2.17. The number of amides is 1. The first-order valence-corrected chi connectivity index (χ1v) is 6.18. The van der Waals surface area contributed by atoms with Crippen LogP contribution in [-0.2, 0) is 0 Å². The zero-order valence-corrected chi connectivity index (χ0v) is 11.3. The monoisotopic (exact) mass is 258 g/mol. The van der Waals surface area contributed by atoms with Crippen molar-refractivity contribution >= 4 is 17.3 Å². The molecule has 2 aromatic rings. The van der Waals surface area contributed by atoms with E-state index in [0.717, 1.165) is 11.4 Å². The van der Waals surface area contributed by atoms with E-state index in [-0.39, 0.29) is 11.9 Å². The standard InChI is InChI=1S/C14H18N4O/c1-9(2)18-8-11(15)7-13(18)14(19)17-12-4-5-16-10(3)6-12/h4-9H,15H2,1-3H3,(H,16,17,19). The van der Waals surface area contributed by atoms with Crippen LogP contribution in [0.25, 0.3) is 0 Å². The fourth-order valence-electron chi connectivity index (χ4n) is 1.93. The van der Waals surface area contributed by atoms with Gasteiger partial charge in [0.05, 0.1) is 5.69 Å². The minimum Gasteiger partial charge on any atom is -0.397 e. The number of nitrogens with two attached hydrogens (primary N) is 1. The van der Waals surface area contributed by atoms with Gasteiger partial charge in [-0.15, -0.1) is 0 Å². The highest BCUT2D eigenvalue weighted by molar-refractivity contribution is 6.03. The third-order valence-corrected chi connectivity index (χ3v) is 2.81. The van der Waals surface area contributed by atoms with Crippen LogP contribution in [0.5, 0.6) is 0 Å². The number of aromatic nitrogens is 2. The van der Waals surface area contributed by atoms with E-state index in [0.29, 0.717) is 11.4 Å². The molecule has 0 bridgehead atoms. The summed E-state index contributed by atoms with van der Waals surface area (Å²) in [6.07, 6.45) is 3.44. The quantitative estimate of drug-likeness (QED) is 0.888. The Labute approximate surface area is 112 Å². The SMILES string of the molecule is Cc1cc(NC(=O)c2cc(N)cn2C(C)C)ccn1. The number of anilines is 2. The Hall–Kier alpha value is -2.30. The summed E-state index contributed by atoms with van der Waals surface area (Å²) in [6, 6.07) is 5.45. The van der Waals surface area contributed by atoms with Gasteiger partial charge in [-0.3, -0.25) is 9.78 Å². The van der Waals surface area contributed by atoms with Gasteiger partial charge >= 0.3 is 0 Å². The largest absolute Gasteiger partial charge is 0.397 e. The highest BCUT2D eigenvalue weighted by Crippen LogP contribution is 2.18. The van der Waals surface area contributed by atoms with E-state index >= 15 is 0 Å². The number of nitrogens with one attached hydrogen (secondary N) is 1. The van der Waals surface area contributed by atoms with Gasteiger partial charge in [-0.2, -0.15) is 0 Å². The van der Waals surface area contributed by atoms with Crippen molar-refractivity contribution in [3.8, 4) is 0 Å². The molecule has 0 saturated carbocycles. The molecule has 2 rings (SSSR count). The molecule has 0 unspecified atom stereocenters.